The topological polar surface area (TPSA) is 80.3 Å². The Kier molecular flexibility index (Phi) is 11.1. The number of hydrogen-bond donors (Lipinski definition) is 0. The molecule has 0 saturated carbocycles. The predicted octanol–water partition coefficient (Wildman–Crippen LogP) is 3.41. The molecule has 0 bridgehead atoms. The molecule has 0 heterocycles. The van der Waals surface area contributed by atoms with E-state index in [0.29, 0.717) is 6.61 Å². The predicted molar refractivity (Wildman–Crippen MR) is 97.4 cm³/mol. The summed E-state index contributed by atoms with van der Waals surface area (Å²) in [5, 5.41) is 0. The molecular weight excluding hydrogens is 359 g/mol. The minimum absolute atomic E-state index is 0.109. The second-order valence-electron chi connectivity index (χ2n) is 5.30. The lowest BCUT2D eigenvalue weighted by atomic mass is 10.2. The number of carbonyl (C=O) groups excluding carboxylic acids is 2. The van der Waals surface area contributed by atoms with Crippen LogP contribution < -0.4 is 0 Å². The molecule has 2 unspecified atom stereocenters. The Balaban J connectivity index is 2.61. The molecule has 26 heavy (non-hydrogen) atoms. The molecule has 8 heteroatoms. The van der Waals surface area contributed by atoms with Crippen molar-refractivity contribution in [1.82, 2.24) is 0 Å². The molecule has 0 aliphatic rings. The quantitative estimate of drug-likeness (QED) is 0.402. The minimum Gasteiger partial charge on any atom is -0.464 e. The van der Waals surface area contributed by atoms with Crippen LogP contribution in [0.2, 0.25) is 0 Å². The molecule has 1 aromatic rings. The fraction of sp³-hybridized carbons (Fsp3) is 0.556. The summed E-state index contributed by atoms with van der Waals surface area (Å²) in [6.07, 6.45) is -1.54. The monoisotopic (exact) mass is 386 g/mol. The van der Waals surface area contributed by atoms with Crippen LogP contribution in [0.5, 0.6) is 0 Å². The highest BCUT2D eigenvalue weighted by molar-refractivity contribution is 7.47. The first-order valence-electron chi connectivity index (χ1n) is 8.53. The van der Waals surface area contributed by atoms with Crippen LogP contribution in [-0.4, -0.2) is 43.7 Å². The first-order chi connectivity index (χ1) is 12.5. The van der Waals surface area contributed by atoms with Crippen LogP contribution in [0.3, 0.4) is 0 Å². The number of ether oxygens (including phenoxy) is 3. The van der Waals surface area contributed by atoms with Gasteiger partial charge in [-0.3, -0.25) is 0 Å². The van der Waals surface area contributed by atoms with Crippen LogP contribution in [0.15, 0.2) is 30.3 Å². The molecule has 7 nitrogen and oxygen atoms in total. The zero-order valence-electron chi connectivity index (χ0n) is 15.7. The molecule has 1 rings (SSSR count). The van der Waals surface area contributed by atoms with Gasteiger partial charge in [0.25, 0.3) is 0 Å². The summed E-state index contributed by atoms with van der Waals surface area (Å²) in [5.41, 5.74) is 0.999. The van der Waals surface area contributed by atoms with Crippen molar-refractivity contribution in [3.05, 3.63) is 35.9 Å². The van der Waals surface area contributed by atoms with Crippen molar-refractivity contribution in [3.8, 4) is 0 Å². The van der Waals surface area contributed by atoms with Gasteiger partial charge >= 0.3 is 11.9 Å². The van der Waals surface area contributed by atoms with Crippen molar-refractivity contribution >= 4 is 20.3 Å². The molecule has 0 aliphatic heterocycles. The van der Waals surface area contributed by atoms with E-state index in [1.165, 1.54) is 0 Å². The van der Waals surface area contributed by atoms with Gasteiger partial charge in [0.15, 0.2) is 20.6 Å². The van der Waals surface area contributed by atoms with Crippen LogP contribution in [-0.2, 0) is 39.5 Å². The van der Waals surface area contributed by atoms with Crippen molar-refractivity contribution in [1.29, 1.82) is 0 Å². The van der Waals surface area contributed by atoms with Gasteiger partial charge in [0.05, 0.1) is 19.8 Å². The summed E-state index contributed by atoms with van der Waals surface area (Å²) in [5.74, 6) is -0.981. The minimum atomic E-state index is -1.65. The second-order valence-corrected chi connectivity index (χ2v) is 6.64. The average molecular weight is 386 g/mol. The fourth-order valence-corrected chi connectivity index (χ4v) is 3.15. The number of esters is 2. The van der Waals surface area contributed by atoms with Crippen molar-refractivity contribution in [2.45, 2.75) is 46.5 Å². The Labute approximate surface area is 155 Å². The van der Waals surface area contributed by atoms with Gasteiger partial charge in [-0.05, 0) is 33.3 Å². The van der Waals surface area contributed by atoms with Gasteiger partial charge in [0.1, 0.15) is 6.35 Å². The lowest BCUT2D eigenvalue weighted by molar-refractivity contribution is -0.152. The molecule has 1 aromatic carbocycles. The van der Waals surface area contributed by atoms with Gasteiger partial charge < -0.3 is 23.3 Å². The van der Waals surface area contributed by atoms with Gasteiger partial charge in [-0.2, -0.15) is 0 Å². The van der Waals surface area contributed by atoms with E-state index in [-0.39, 0.29) is 19.6 Å². The molecule has 0 radical (unpaired) electrons. The van der Waals surface area contributed by atoms with Crippen LogP contribution in [0.1, 0.15) is 33.3 Å². The Morgan fingerprint density at radius 1 is 0.923 bits per heavy atom. The van der Waals surface area contributed by atoms with E-state index in [0.717, 1.165) is 5.56 Å². The maximum atomic E-state index is 11.8. The van der Waals surface area contributed by atoms with E-state index < -0.39 is 32.5 Å². The molecule has 0 amide bonds. The lowest BCUT2D eigenvalue weighted by Crippen LogP contribution is -2.26. The van der Waals surface area contributed by atoms with E-state index >= 15 is 0 Å². The Morgan fingerprint density at radius 3 is 1.88 bits per heavy atom. The molecule has 146 valence electrons. The Morgan fingerprint density at radius 2 is 1.42 bits per heavy atom. The average Bonchev–Trinajstić information content (AvgIpc) is 2.62. The highest BCUT2D eigenvalue weighted by Gasteiger charge is 2.26. The first kappa shape index (κ1) is 22.5. The maximum Gasteiger partial charge on any atom is 0.335 e. The van der Waals surface area contributed by atoms with Gasteiger partial charge in [-0.25, -0.2) is 9.59 Å². The van der Waals surface area contributed by atoms with E-state index in [2.05, 4.69) is 0 Å². The molecule has 2 atom stereocenters. The van der Waals surface area contributed by atoms with Gasteiger partial charge in [0.2, 0.25) is 0 Å². The Hall–Kier alpha value is -1.53. The van der Waals surface area contributed by atoms with Crippen molar-refractivity contribution in [2.24, 2.45) is 0 Å². The smallest absolute Gasteiger partial charge is 0.335 e. The van der Waals surface area contributed by atoms with Gasteiger partial charge in [-0.1, -0.05) is 30.3 Å². The maximum absolute atomic E-state index is 11.8. The SMILES string of the molecule is CCOC(=O)C(C)OP(COCc1ccccc1)OC(C)C(=O)OCC. The number of carbonyl (C=O) groups is 2. The molecule has 0 N–H and O–H groups in total. The molecule has 0 spiro atoms. The van der Waals surface area contributed by atoms with E-state index in [9.17, 15) is 9.59 Å². The lowest BCUT2D eigenvalue weighted by Gasteiger charge is -2.23. The highest BCUT2D eigenvalue weighted by atomic mass is 31.2. The number of rotatable bonds is 12. The van der Waals surface area contributed by atoms with E-state index in [1.54, 1.807) is 27.7 Å². The summed E-state index contributed by atoms with van der Waals surface area (Å²) in [6, 6.07) is 9.63. The Bertz CT molecular complexity index is 512. The largest absolute Gasteiger partial charge is 0.464 e. The third-order valence-corrected chi connectivity index (χ3v) is 4.59. The number of hydrogen-bond acceptors (Lipinski definition) is 7. The molecule has 0 aromatic heterocycles. The molecule has 0 fully saturated rings. The van der Waals surface area contributed by atoms with E-state index in [1.807, 2.05) is 30.3 Å². The summed E-state index contributed by atoms with van der Waals surface area (Å²) in [6.45, 7) is 7.47. The zero-order chi connectivity index (χ0) is 19.4. The van der Waals surface area contributed by atoms with Crippen molar-refractivity contribution in [3.63, 3.8) is 0 Å². The van der Waals surface area contributed by atoms with Crippen LogP contribution >= 0.6 is 8.38 Å². The second kappa shape index (κ2) is 12.8. The highest BCUT2D eigenvalue weighted by Crippen LogP contribution is 2.41. The third kappa shape index (κ3) is 8.72. The summed E-state index contributed by atoms with van der Waals surface area (Å²) in [4.78, 5) is 23.5. The standard InChI is InChI=1S/C18H27O7P/c1-5-22-17(19)14(3)24-26(25-15(4)18(20)23-6-2)13-21-12-16-10-8-7-9-11-16/h7-11,14-15H,5-6,12-13H2,1-4H3. The van der Waals surface area contributed by atoms with E-state index in [4.69, 9.17) is 23.3 Å². The molecular formula is C18H27O7P. The fourth-order valence-electron chi connectivity index (χ4n) is 1.86. The zero-order valence-corrected chi connectivity index (χ0v) is 16.6. The normalized spacial score (nSPS) is 14.3. The summed E-state index contributed by atoms with van der Waals surface area (Å²) in [7, 11) is -1.65. The van der Waals surface area contributed by atoms with Gasteiger partial charge in [-0.15, -0.1) is 0 Å². The van der Waals surface area contributed by atoms with Crippen molar-refractivity contribution < 1.29 is 32.8 Å². The summed E-state index contributed by atoms with van der Waals surface area (Å²) < 4.78 is 26.8. The van der Waals surface area contributed by atoms with Gasteiger partial charge in [0, 0.05) is 0 Å². The first-order valence-corrected chi connectivity index (χ1v) is 9.90. The van der Waals surface area contributed by atoms with Crippen LogP contribution in [0.4, 0.5) is 0 Å². The van der Waals surface area contributed by atoms with Crippen LogP contribution in [0, 0.1) is 0 Å². The molecule has 0 aliphatic carbocycles. The summed E-state index contributed by atoms with van der Waals surface area (Å²) >= 11 is 0. The number of benzene rings is 1. The van der Waals surface area contributed by atoms with Crippen molar-refractivity contribution in [2.75, 3.05) is 19.6 Å². The van der Waals surface area contributed by atoms with Crippen LogP contribution in [0.25, 0.3) is 0 Å². The molecule has 0 saturated heterocycles. The third-order valence-electron chi connectivity index (χ3n) is 3.10.